The maximum absolute atomic E-state index is 13.6. The molecule has 5 rings (SSSR count). The SMILES string of the molecule is CC(Sc1nnc(-c2ccncc2)n1-c1ccc(F)cc1)C(=O)N1CCc2ccccc21. The fraction of sp³-hybridized carbons (Fsp3) is 0.167. The number of amides is 1. The van der Waals surface area contributed by atoms with Crippen molar-refractivity contribution in [1.29, 1.82) is 0 Å². The summed E-state index contributed by atoms with van der Waals surface area (Å²) in [5.41, 5.74) is 3.71. The lowest BCUT2D eigenvalue weighted by Gasteiger charge is -2.21. The summed E-state index contributed by atoms with van der Waals surface area (Å²) in [7, 11) is 0. The van der Waals surface area contributed by atoms with Gasteiger partial charge in [0.25, 0.3) is 0 Å². The highest BCUT2D eigenvalue weighted by Gasteiger charge is 2.30. The average Bonchev–Trinajstić information content (AvgIpc) is 3.44. The van der Waals surface area contributed by atoms with Gasteiger partial charge in [-0.1, -0.05) is 30.0 Å². The summed E-state index contributed by atoms with van der Waals surface area (Å²) < 4.78 is 15.4. The first kappa shape index (κ1) is 20.4. The van der Waals surface area contributed by atoms with E-state index in [4.69, 9.17) is 0 Å². The first-order valence-electron chi connectivity index (χ1n) is 10.3. The van der Waals surface area contributed by atoms with Crippen molar-refractivity contribution in [1.82, 2.24) is 19.7 Å². The van der Waals surface area contributed by atoms with E-state index in [0.29, 0.717) is 17.5 Å². The van der Waals surface area contributed by atoms with Crippen molar-refractivity contribution in [3.8, 4) is 17.1 Å². The zero-order valence-electron chi connectivity index (χ0n) is 17.4. The van der Waals surface area contributed by atoms with E-state index < -0.39 is 0 Å². The Bertz CT molecular complexity index is 1260. The second-order valence-corrected chi connectivity index (χ2v) is 8.79. The van der Waals surface area contributed by atoms with Crippen molar-refractivity contribution in [3.63, 3.8) is 0 Å². The third-order valence-corrected chi connectivity index (χ3v) is 6.47. The zero-order chi connectivity index (χ0) is 22.1. The molecule has 0 saturated carbocycles. The molecule has 8 heteroatoms. The highest BCUT2D eigenvalue weighted by molar-refractivity contribution is 8.00. The van der Waals surface area contributed by atoms with Crippen LogP contribution in [0, 0.1) is 5.82 Å². The van der Waals surface area contributed by atoms with Crippen LogP contribution in [0.15, 0.2) is 78.2 Å². The molecule has 2 aromatic carbocycles. The van der Waals surface area contributed by atoms with Gasteiger partial charge in [0.05, 0.1) is 5.25 Å². The summed E-state index contributed by atoms with van der Waals surface area (Å²) in [5, 5.41) is 8.94. The molecule has 0 radical (unpaired) electrons. The van der Waals surface area contributed by atoms with Crippen LogP contribution in [0.2, 0.25) is 0 Å². The number of thioether (sulfide) groups is 1. The molecule has 2 aromatic heterocycles. The summed E-state index contributed by atoms with van der Waals surface area (Å²) in [6.45, 7) is 2.56. The van der Waals surface area contributed by atoms with E-state index in [0.717, 1.165) is 23.4 Å². The molecular formula is C24H20FN5OS. The number of aromatic nitrogens is 4. The van der Waals surface area contributed by atoms with E-state index >= 15 is 0 Å². The van der Waals surface area contributed by atoms with Crippen LogP contribution >= 0.6 is 11.8 Å². The van der Waals surface area contributed by atoms with Crippen molar-refractivity contribution >= 4 is 23.4 Å². The smallest absolute Gasteiger partial charge is 0.240 e. The Morgan fingerprint density at radius 2 is 1.78 bits per heavy atom. The second-order valence-electron chi connectivity index (χ2n) is 7.48. The Morgan fingerprint density at radius 1 is 1.03 bits per heavy atom. The standard InChI is InChI=1S/C24H20FN5OS/c1-16(23(31)29-15-12-17-4-2-3-5-21(17)29)32-24-28-27-22(18-10-13-26-14-11-18)30(24)20-8-6-19(25)7-9-20/h2-11,13-14,16H,12,15H2,1H3. The Hall–Kier alpha value is -3.52. The van der Waals surface area contributed by atoms with Gasteiger partial charge in [-0.15, -0.1) is 10.2 Å². The van der Waals surface area contributed by atoms with E-state index in [-0.39, 0.29) is 17.0 Å². The number of hydrogen-bond acceptors (Lipinski definition) is 5. The zero-order valence-corrected chi connectivity index (χ0v) is 18.2. The van der Waals surface area contributed by atoms with Gasteiger partial charge in [-0.25, -0.2) is 4.39 Å². The van der Waals surface area contributed by atoms with Gasteiger partial charge in [-0.2, -0.15) is 0 Å². The van der Waals surface area contributed by atoms with Crippen LogP contribution in [0.5, 0.6) is 0 Å². The normalized spacial score (nSPS) is 13.8. The molecule has 32 heavy (non-hydrogen) atoms. The van der Waals surface area contributed by atoms with Gasteiger partial charge in [0.1, 0.15) is 5.82 Å². The molecule has 1 unspecified atom stereocenters. The minimum Gasteiger partial charge on any atom is -0.311 e. The van der Waals surface area contributed by atoms with E-state index in [1.165, 1.54) is 29.5 Å². The van der Waals surface area contributed by atoms with Gasteiger partial charge in [0.2, 0.25) is 5.91 Å². The van der Waals surface area contributed by atoms with Crippen molar-refractivity contribution in [3.05, 3.63) is 84.4 Å². The number of pyridine rings is 1. The predicted octanol–water partition coefficient (Wildman–Crippen LogP) is 4.54. The summed E-state index contributed by atoms with van der Waals surface area (Å²) in [5.74, 6) is 0.310. The minimum atomic E-state index is -0.380. The monoisotopic (exact) mass is 445 g/mol. The van der Waals surface area contributed by atoms with Crippen LogP contribution in [0.3, 0.4) is 0 Å². The Balaban J connectivity index is 1.48. The highest BCUT2D eigenvalue weighted by Crippen LogP contribution is 2.33. The van der Waals surface area contributed by atoms with Crippen LogP contribution in [0.25, 0.3) is 17.1 Å². The summed E-state index contributed by atoms with van der Waals surface area (Å²) in [4.78, 5) is 19.2. The highest BCUT2D eigenvalue weighted by atomic mass is 32.2. The largest absolute Gasteiger partial charge is 0.311 e. The fourth-order valence-corrected chi connectivity index (χ4v) is 4.78. The molecule has 160 valence electrons. The molecular weight excluding hydrogens is 425 g/mol. The van der Waals surface area contributed by atoms with Crippen molar-refractivity contribution in [2.24, 2.45) is 0 Å². The number of rotatable bonds is 5. The molecule has 1 aliphatic heterocycles. The first-order valence-corrected chi connectivity index (χ1v) is 11.2. The van der Waals surface area contributed by atoms with Crippen LogP contribution in [-0.4, -0.2) is 37.5 Å². The number of anilines is 1. The number of carbonyl (C=O) groups is 1. The maximum atomic E-state index is 13.6. The van der Waals surface area contributed by atoms with Crippen molar-refractivity contribution in [2.45, 2.75) is 23.8 Å². The second kappa shape index (κ2) is 8.55. The lowest BCUT2D eigenvalue weighted by molar-refractivity contribution is -0.117. The number of benzene rings is 2. The number of hydrogen-bond donors (Lipinski definition) is 0. The molecule has 0 fully saturated rings. The summed E-state index contributed by atoms with van der Waals surface area (Å²) in [6.07, 6.45) is 4.23. The molecule has 0 aliphatic carbocycles. The predicted molar refractivity (Wildman–Crippen MR) is 122 cm³/mol. The van der Waals surface area contributed by atoms with E-state index in [1.54, 1.807) is 24.5 Å². The molecule has 0 spiro atoms. The van der Waals surface area contributed by atoms with Crippen LogP contribution < -0.4 is 4.90 Å². The third kappa shape index (κ3) is 3.78. The fourth-order valence-electron chi connectivity index (χ4n) is 3.85. The van der Waals surface area contributed by atoms with E-state index in [9.17, 15) is 9.18 Å². The van der Waals surface area contributed by atoms with Crippen molar-refractivity contribution in [2.75, 3.05) is 11.4 Å². The molecule has 1 amide bonds. The lowest BCUT2D eigenvalue weighted by Crippen LogP contribution is -2.35. The molecule has 1 aliphatic rings. The quantitative estimate of drug-likeness (QED) is 0.422. The minimum absolute atomic E-state index is 0.0269. The molecule has 4 aromatic rings. The first-order chi connectivity index (χ1) is 15.6. The Morgan fingerprint density at radius 3 is 2.56 bits per heavy atom. The number of halogens is 1. The van der Waals surface area contributed by atoms with Gasteiger partial charge in [-0.3, -0.25) is 14.3 Å². The van der Waals surface area contributed by atoms with Gasteiger partial charge in [0.15, 0.2) is 11.0 Å². The maximum Gasteiger partial charge on any atom is 0.240 e. The summed E-state index contributed by atoms with van der Waals surface area (Å²) in [6, 6.07) is 17.8. The number of carbonyl (C=O) groups excluding carboxylic acids is 1. The van der Waals surface area contributed by atoms with E-state index in [1.807, 2.05) is 46.7 Å². The lowest BCUT2D eigenvalue weighted by atomic mass is 10.2. The molecule has 1 atom stereocenters. The van der Waals surface area contributed by atoms with Gasteiger partial charge >= 0.3 is 0 Å². The molecule has 6 nitrogen and oxygen atoms in total. The molecule has 0 bridgehead atoms. The topological polar surface area (TPSA) is 63.9 Å². The van der Waals surface area contributed by atoms with Gasteiger partial charge in [-0.05, 0) is 61.4 Å². The Kier molecular flexibility index (Phi) is 5.45. The average molecular weight is 446 g/mol. The molecule has 3 heterocycles. The van der Waals surface area contributed by atoms with Crippen LogP contribution in [0.4, 0.5) is 10.1 Å². The van der Waals surface area contributed by atoms with Crippen LogP contribution in [-0.2, 0) is 11.2 Å². The van der Waals surface area contributed by atoms with E-state index in [2.05, 4.69) is 21.2 Å². The number of para-hydroxylation sites is 1. The van der Waals surface area contributed by atoms with Gasteiger partial charge < -0.3 is 4.90 Å². The van der Waals surface area contributed by atoms with Crippen LogP contribution in [0.1, 0.15) is 12.5 Å². The molecule has 0 saturated heterocycles. The number of fused-ring (bicyclic) bond motifs is 1. The van der Waals surface area contributed by atoms with Gasteiger partial charge in [0, 0.05) is 35.9 Å². The molecule has 0 N–H and O–H groups in total. The van der Waals surface area contributed by atoms with Crippen molar-refractivity contribution < 1.29 is 9.18 Å². The third-order valence-electron chi connectivity index (χ3n) is 5.44. The number of nitrogens with zero attached hydrogens (tertiary/aromatic N) is 5. The summed E-state index contributed by atoms with van der Waals surface area (Å²) >= 11 is 1.34. The Labute approximate surface area is 189 Å².